The summed E-state index contributed by atoms with van der Waals surface area (Å²) < 4.78 is 5.90. The van der Waals surface area contributed by atoms with Gasteiger partial charge >= 0.3 is 0 Å². The van der Waals surface area contributed by atoms with Crippen molar-refractivity contribution in [2.75, 3.05) is 6.54 Å². The number of ether oxygens (including phenoxy) is 1. The fraction of sp³-hybridized carbons (Fsp3) is 0.955. The fourth-order valence-electron chi connectivity index (χ4n) is 4.38. The Morgan fingerprint density at radius 1 is 1.20 bits per heavy atom. The number of piperidine rings is 1. The zero-order valence-corrected chi connectivity index (χ0v) is 20.1. The van der Waals surface area contributed by atoms with Gasteiger partial charge in [0.05, 0.1) is 12.1 Å². The van der Waals surface area contributed by atoms with Crippen molar-refractivity contribution in [2.24, 2.45) is 11.8 Å². The SMILES string of the molecule is CCC[C@@H]1CCN[C@H](C(=O)N[C@H](C(C)C)[C@H]2O[C@H](SC(C)(C)C)[C@H](O)[C@@H](O)[C@H]2O)C1. The Bertz CT molecular complexity index is 554. The number of thioether (sulfide) groups is 1. The normalized spacial score (nSPS) is 36.5. The standard InChI is InChI=1S/C22H42N2O5S/c1-7-8-13-9-10-23-14(11-13)20(28)24-15(12(2)3)19-17(26)16(25)18(27)21(29-19)30-22(4,5)6/h12-19,21,23,25-27H,7-11H2,1-6H3,(H,24,28)/t13-,14+,15-,16+,17-,18-,19-,21-/m1/s1. The molecule has 0 aromatic rings. The molecule has 0 aromatic heterocycles. The number of aliphatic hydroxyl groups is 3. The van der Waals surface area contributed by atoms with E-state index in [1.54, 1.807) is 0 Å². The summed E-state index contributed by atoms with van der Waals surface area (Å²) in [6.45, 7) is 12.9. The Morgan fingerprint density at radius 3 is 2.43 bits per heavy atom. The maximum atomic E-state index is 13.0. The first-order valence-corrected chi connectivity index (χ1v) is 12.2. The van der Waals surface area contributed by atoms with Crippen LogP contribution in [0.2, 0.25) is 0 Å². The van der Waals surface area contributed by atoms with Gasteiger partial charge in [0.2, 0.25) is 5.91 Å². The van der Waals surface area contributed by atoms with Gasteiger partial charge in [-0.3, -0.25) is 4.79 Å². The van der Waals surface area contributed by atoms with Crippen LogP contribution in [0.1, 0.15) is 67.2 Å². The number of nitrogens with one attached hydrogen (secondary N) is 2. The molecular formula is C22H42N2O5S. The minimum Gasteiger partial charge on any atom is -0.388 e. The first kappa shape index (κ1) is 25.9. The number of aliphatic hydroxyl groups excluding tert-OH is 3. The quantitative estimate of drug-likeness (QED) is 0.404. The first-order valence-electron chi connectivity index (χ1n) is 11.4. The Labute approximate surface area is 185 Å². The van der Waals surface area contributed by atoms with Crippen LogP contribution < -0.4 is 10.6 Å². The van der Waals surface area contributed by atoms with Gasteiger partial charge in [-0.15, -0.1) is 11.8 Å². The lowest BCUT2D eigenvalue weighted by Crippen LogP contribution is -2.65. The summed E-state index contributed by atoms with van der Waals surface area (Å²) in [5.74, 6) is 0.433. The molecule has 2 saturated heterocycles. The second-order valence-corrected chi connectivity index (χ2v) is 12.1. The Balaban J connectivity index is 2.12. The number of carbonyl (C=O) groups is 1. The van der Waals surface area contributed by atoms with E-state index < -0.39 is 35.9 Å². The summed E-state index contributed by atoms with van der Waals surface area (Å²) in [6.07, 6.45) is -0.475. The summed E-state index contributed by atoms with van der Waals surface area (Å²) >= 11 is 1.41. The highest BCUT2D eigenvalue weighted by atomic mass is 32.2. The summed E-state index contributed by atoms with van der Waals surface area (Å²) in [4.78, 5) is 13.0. The van der Waals surface area contributed by atoms with E-state index in [-0.39, 0.29) is 22.6 Å². The molecule has 1 amide bonds. The highest BCUT2D eigenvalue weighted by molar-refractivity contribution is 8.01. The van der Waals surface area contributed by atoms with Gasteiger partial charge in [0, 0.05) is 4.75 Å². The van der Waals surface area contributed by atoms with Crippen LogP contribution in [-0.4, -0.2) is 74.5 Å². The second-order valence-electron chi connectivity index (χ2n) is 10.1. The van der Waals surface area contributed by atoms with Crippen LogP contribution >= 0.6 is 11.8 Å². The lowest BCUT2D eigenvalue weighted by atomic mass is 9.86. The molecule has 8 heteroatoms. The van der Waals surface area contributed by atoms with Gasteiger partial charge in [0.15, 0.2) is 0 Å². The third-order valence-electron chi connectivity index (χ3n) is 5.98. The predicted octanol–water partition coefficient (Wildman–Crippen LogP) is 1.63. The fourth-order valence-corrected chi connectivity index (χ4v) is 5.56. The molecule has 0 unspecified atom stereocenters. The van der Waals surface area contributed by atoms with Gasteiger partial charge in [-0.1, -0.05) is 54.4 Å². The van der Waals surface area contributed by atoms with E-state index in [2.05, 4.69) is 17.6 Å². The Hall–Kier alpha value is -0.380. The van der Waals surface area contributed by atoms with Gasteiger partial charge in [-0.2, -0.15) is 0 Å². The van der Waals surface area contributed by atoms with E-state index in [9.17, 15) is 20.1 Å². The van der Waals surface area contributed by atoms with E-state index in [0.717, 1.165) is 32.2 Å². The zero-order valence-electron chi connectivity index (χ0n) is 19.3. The highest BCUT2D eigenvalue weighted by Crippen LogP contribution is 2.37. The Morgan fingerprint density at radius 2 is 1.87 bits per heavy atom. The van der Waals surface area contributed by atoms with E-state index in [1.807, 2.05) is 34.6 Å². The van der Waals surface area contributed by atoms with Crippen molar-refractivity contribution in [2.45, 2.75) is 114 Å². The van der Waals surface area contributed by atoms with E-state index in [0.29, 0.717) is 5.92 Å². The molecule has 5 N–H and O–H groups in total. The smallest absolute Gasteiger partial charge is 0.237 e. The second kappa shape index (κ2) is 11.0. The van der Waals surface area contributed by atoms with Crippen LogP contribution in [0.5, 0.6) is 0 Å². The zero-order chi connectivity index (χ0) is 22.6. The van der Waals surface area contributed by atoms with Crippen molar-refractivity contribution in [1.29, 1.82) is 0 Å². The molecule has 176 valence electrons. The van der Waals surface area contributed by atoms with Gasteiger partial charge in [-0.05, 0) is 31.2 Å². The molecule has 7 nitrogen and oxygen atoms in total. The lowest BCUT2D eigenvalue weighted by molar-refractivity contribution is -0.208. The predicted molar refractivity (Wildman–Crippen MR) is 120 cm³/mol. The van der Waals surface area contributed by atoms with E-state index in [1.165, 1.54) is 11.8 Å². The van der Waals surface area contributed by atoms with Gasteiger partial charge in [0.1, 0.15) is 29.9 Å². The van der Waals surface area contributed by atoms with Crippen molar-refractivity contribution in [3.63, 3.8) is 0 Å². The average molecular weight is 447 g/mol. The van der Waals surface area contributed by atoms with Gasteiger partial charge in [0.25, 0.3) is 0 Å². The minimum absolute atomic E-state index is 0.0219. The molecule has 2 aliphatic heterocycles. The molecular weight excluding hydrogens is 404 g/mol. The third-order valence-corrected chi connectivity index (χ3v) is 7.31. The average Bonchev–Trinajstić information content (AvgIpc) is 2.66. The maximum absolute atomic E-state index is 13.0. The van der Waals surface area contributed by atoms with Crippen molar-refractivity contribution < 1.29 is 24.9 Å². The van der Waals surface area contributed by atoms with Crippen molar-refractivity contribution >= 4 is 17.7 Å². The van der Waals surface area contributed by atoms with Crippen LogP contribution in [0.3, 0.4) is 0 Å². The number of hydrogen-bond donors (Lipinski definition) is 5. The largest absolute Gasteiger partial charge is 0.388 e. The van der Waals surface area contributed by atoms with Gasteiger partial charge < -0.3 is 30.7 Å². The highest BCUT2D eigenvalue weighted by Gasteiger charge is 2.49. The minimum atomic E-state index is -1.33. The molecule has 0 aliphatic carbocycles. The molecule has 2 heterocycles. The monoisotopic (exact) mass is 446 g/mol. The lowest BCUT2D eigenvalue weighted by Gasteiger charge is -2.46. The van der Waals surface area contributed by atoms with Crippen LogP contribution in [0.15, 0.2) is 0 Å². The summed E-state index contributed by atoms with van der Waals surface area (Å²) in [7, 11) is 0. The van der Waals surface area contributed by atoms with Crippen LogP contribution in [-0.2, 0) is 9.53 Å². The van der Waals surface area contributed by atoms with Crippen LogP contribution in [0.4, 0.5) is 0 Å². The molecule has 0 radical (unpaired) electrons. The number of rotatable bonds is 7. The maximum Gasteiger partial charge on any atom is 0.237 e. The van der Waals surface area contributed by atoms with Crippen molar-refractivity contribution in [1.82, 2.24) is 10.6 Å². The third kappa shape index (κ3) is 6.81. The molecule has 0 aromatic carbocycles. The molecule has 2 aliphatic rings. The van der Waals surface area contributed by atoms with Crippen LogP contribution in [0, 0.1) is 11.8 Å². The van der Waals surface area contributed by atoms with Crippen molar-refractivity contribution in [3.8, 4) is 0 Å². The van der Waals surface area contributed by atoms with Crippen LogP contribution in [0.25, 0.3) is 0 Å². The first-order chi connectivity index (χ1) is 13.9. The molecule has 2 fully saturated rings. The van der Waals surface area contributed by atoms with Crippen molar-refractivity contribution in [3.05, 3.63) is 0 Å². The summed E-state index contributed by atoms with van der Waals surface area (Å²) in [5, 5.41) is 38.0. The number of carbonyl (C=O) groups excluding carboxylic acids is 1. The number of amides is 1. The topological polar surface area (TPSA) is 111 Å². The summed E-state index contributed by atoms with van der Waals surface area (Å²) in [5.41, 5.74) is -0.687. The molecule has 30 heavy (non-hydrogen) atoms. The molecule has 0 bridgehead atoms. The van der Waals surface area contributed by atoms with E-state index >= 15 is 0 Å². The van der Waals surface area contributed by atoms with Gasteiger partial charge in [-0.25, -0.2) is 0 Å². The molecule has 8 atom stereocenters. The molecule has 0 spiro atoms. The Kier molecular flexibility index (Phi) is 9.46. The van der Waals surface area contributed by atoms with E-state index in [4.69, 9.17) is 4.74 Å². The number of hydrogen-bond acceptors (Lipinski definition) is 7. The molecule has 2 rings (SSSR count). The molecule has 0 saturated carbocycles. The summed E-state index contributed by atoms with van der Waals surface area (Å²) in [6, 6.07) is -0.737.